The summed E-state index contributed by atoms with van der Waals surface area (Å²) in [5.41, 5.74) is 2.76. The van der Waals surface area contributed by atoms with Crippen LogP contribution >= 0.6 is 0 Å². The summed E-state index contributed by atoms with van der Waals surface area (Å²) in [5.74, 6) is 0.0352. The number of anilines is 2. The van der Waals surface area contributed by atoms with Crippen LogP contribution in [-0.2, 0) is 20.7 Å². The molecular weight excluding hydrogens is 436 g/mol. The average molecular weight is 467 g/mol. The van der Waals surface area contributed by atoms with Crippen molar-refractivity contribution in [2.24, 2.45) is 0 Å². The zero-order chi connectivity index (χ0) is 24.2. The molecule has 2 amide bonds. The largest absolute Gasteiger partial charge is 0.493 e. The lowest BCUT2D eigenvalue weighted by Crippen LogP contribution is -2.44. The molecule has 34 heavy (non-hydrogen) atoms. The highest BCUT2D eigenvalue weighted by Crippen LogP contribution is 2.42. The van der Waals surface area contributed by atoms with Crippen molar-refractivity contribution in [3.8, 4) is 11.5 Å². The fraction of sp³-hybridized carbons (Fsp3) is 0.423. The molecule has 0 fully saturated rings. The van der Waals surface area contributed by atoms with Crippen LogP contribution in [0.3, 0.4) is 0 Å². The molecule has 0 saturated heterocycles. The van der Waals surface area contributed by atoms with E-state index in [4.69, 9.17) is 14.2 Å². The number of unbranched alkanes of at least 4 members (excludes halogenated alkanes) is 1. The number of hydrogen-bond donors (Lipinski definition) is 0. The highest BCUT2D eigenvalue weighted by atomic mass is 16.5. The average Bonchev–Trinajstić information content (AvgIpc) is 3.17. The van der Waals surface area contributed by atoms with E-state index in [2.05, 4.69) is 6.92 Å². The van der Waals surface area contributed by atoms with Crippen molar-refractivity contribution in [2.75, 3.05) is 37.2 Å². The second-order valence-electron chi connectivity index (χ2n) is 8.46. The molecule has 0 saturated carbocycles. The van der Waals surface area contributed by atoms with Crippen LogP contribution in [0, 0.1) is 0 Å². The summed E-state index contributed by atoms with van der Waals surface area (Å²) < 4.78 is 16.2. The van der Waals surface area contributed by atoms with E-state index in [-0.39, 0.29) is 30.7 Å². The molecule has 2 aliphatic rings. The molecule has 0 N–H and O–H groups in total. The number of ether oxygens (including phenoxy) is 3. The molecule has 0 aliphatic carbocycles. The van der Waals surface area contributed by atoms with Crippen LogP contribution < -0.4 is 19.3 Å². The fourth-order valence-electron chi connectivity index (χ4n) is 4.55. The predicted octanol–water partition coefficient (Wildman–Crippen LogP) is 3.75. The normalized spacial score (nSPS) is 16.3. The van der Waals surface area contributed by atoms with Gasteiger partial charge in [-0.2, -0.15) is 0 Å². The first-order valence-electron chi connectivity index (χ1n) is 11.6. The number of nitrogens with zero attached hydrogens (tertiary/aromatic N) is 2. The molecule has 0 unspecified atom stereocenters. The van der Waals surface area contributed by atoms with Crippen LogP contribution in [0.15, 0.2) is 36.4 Å². The Morgan fingerprint density at radius 2 is 1.85 bits per heavy atom. The Kier molecular flexibility index (Phi) is 7.05. The minimum absolute atomic E-state index is 0.0158. The molecule has 180 valence electrons. The lowest BCUT2D eigenvalue weighted by atomic mass is 10.1. The lowest BCUT2D eigenvalue weighted by Gasteiger charge is -2.27. The molecule has 0 radical (unpaired) electrons. The van der Waals surface area contributed by atoms with Gasteiger partial charge in [-0.3, -0.25) is 14.4 Å². The minimum Gasteiger partial charge on any atom is -0.493 e. The molecular formula is C26H30N2O6. The second kappa shape index (κ2) is 10.2. The molecule has 2 aliphatic heterocycles. The molecule has 8 nitrogen and oxygen atoms in total. The summed E-state index contributed by atoms with van der Waals surface area (Å²) in [6, 6.07) is 11.0. The van der Waals surface area contributed by atoms with E-state index in [0.717, 1.165) is 24.1 Å². The molecule has 2 heterocycles. The van der Waals surface area contributed by atoms with E-state index in [0.29, 0.717) is 42.3 Å². The Labute approximate surface area is 199 Å². The third kappa shape index (κ3) is 4.44. The van der Waals surface area contributed by atoms with Gasteiger partial charge in [-0.25, -0.2) is 0 Å². The van der Waals surface area contributed by atoms with Gasteiger partial charge in [0.15, 0.2) is 11.5 Å². The SMILES string of the molecule is CCCCOc1cc2c(cc1OC)C(=O)N1c3ccccc3C[C@H]1CN2C(=O)CCC(=O)OC. The minimum atomic E-state index is -0.451. The van der Waals surface area contributed by atoms with Crippen LogP contribution in [0.25, 0.3) is 0 Å². The number of benzene rings is 2. The number of esters is 1. The summed E-state index contributed by atoms with van der Waals surface area (Å²) in [5, 5.41) is 0. The fourth-order valence-corrected chi connectivity index (χ4v) is 4.55. The highest BCUT2D eigenvalue weighted by molar-refractivity contribution is 6.15. The van der Waals surface area contributed by atoms with E-state index in [1.165, 1.54) is 14.2 Å². The second-order valence-corrected chi connectivity index (χ2v) is 8.46. The van der Waals surface area contributed by atoms with Crippen LogP contribution in [0.5, 0.6) is 11.5 Å². The Morgan fingerprint density at radius 3 is 2.59 bits per heavy atom. The molecule has 2 aromatic carbocycles. The third-order valence-corrected chi connectivity index (χ3v) is 6.31. The number of amides is 2. The van der Waals surface area contributed by atoms with Gasteiger partial charge < -0.3 is 24.0 Å². The van der Waals surface area contributed by atoms with Crippen molar-refractivity contribution in [3.63, 3.8) is 0 Å². The van der Waals surface area contributed by atoms with Crippen molar-refractivity contribution in [1.82, 2.24) is 0 Å². The van der Waals surface area contributed by atoms with Crippen LogP contribution in [0.4, 0.5) is 11.4 Å². The van der Waals surface area contributed by atoms with Gasteiger partial charge in [-0.05, 0) is 30.5 Å². The summed E-state index contributed by atoms with van der Waals surface area (Å²) in [4.78, 5) is 42.2. The van der Waals surface area contributed by atoms with E-state index in [1.54, 1.807) is 21.9 Å². The molecule has 0 bridgehead atoms. The quantitative estimate of drug-likeness (QED) is 0.435. The van der Waals surface area contributed by atoms with Crippen LogP contribution in [-0.4, -0.2) is 51.2 Å². The van der Waals surface area contributed by atoms with Crippen LogP contribution in [0.2, 0.25) is 0 Å². The zero-order valence-corrected chi connectivity index (χ0v) is 19.8. The molecule has 0 aromatic heterocycles. The van der Waals surface area contributed by atoms with E-state index < -0.39 is 5.97 Å². The smallest absolute Gasteiger partial charge is 0.306 e. The van der Waals surface area contributed by atoms with Gasteiger partial charge in [-0.1, -0.05) is 31.5 Å². The number of para-hydroxylation sites is 1. The van der Waals surface area contributed by atoms with Crippen molar-refractivity contribution >= 4 is 29.2 Å². The highest BCUT2D eigenvalue weighted by Gasteiger charge is 2.41. The van der Waals surface area contributed by atoms with Crippen molar-refractivity contribution in [1.29, 1.82) is 0 Å². The molecule has 1 atom stereocenters. The molecule has 2 aromatic rings. The van der Waals surface area contributed by atoms with Crippen molar-refractivity contribution in [3.05, 3.63) is 47.5 Å². The van der Waals surface area contributed by atoms with Gasteiger partial charge in [0.2, 0.25) is 5.91 Å². The Bertz CT molecular complexity index is 1100. The first kappa shape index (κ1) is 23.6. The van der Waals surface area contributed by atoms with Gasteiger partial charge in [0.25, 0.3) is 5.91 Å². The van der Waals surface area contributed by atoms with Gasteiger partial charge in [0, 0.05) is 24.7 Å². The number of rotatable bonds is 8. The van der Waals surface area contributed by atoms with Gasteiger partial charge in [0.05, 0.1) is 44.5 Å². The van der Waals surface area contributed by atoms with Crippen molar-refractivity contribution in [2.45, 2.75) is 45.1 Å². The van der Waals surface area contributed by atoms with E-state index in [1.807, 2.05) is 24.3 Å². The van der Waals surface area contributed by atoms with E-state index >= 15 is 0 Å². The van der Waals surface area contributed by atoms with Gasteiger partial charge >= 0.3 is 5.97 Å². The number of carbonyl (C=O) groups excluding carboxylic acids is 3. The Hall–Kier alpha value is -3.55. The standard InChI is InChI=1S/C26H30N2O6/c1-4-5-12-34-23-15-21-19(14-22(23)32-2)26(31)28-18(13-17-8-6-7-9-20(17)28)16-27(21)24(29)10-11-25(30)33-3/h6-9,14-15,18H,4-5,10-13,16H2,1-3H3/t18-/m0/s1. The zero-order valence-electron chi connectivity index (χ0n) is 19.8. The number of hydrogen-bond acceptors (Lipinski definition) is 6. The first-order chi connectivity index (χ1) is 16.5. The number of carbonyl (C=O) groups is 3. The van der Waals surface area contributed by atoms with Crippen LogP contribution in [0.1, 0.15) is 48.5 Å². The monoisotopic (exact) mass is 466 g/mol. The Balaban J connectivity index is 1.78. The van der Waals surface area contributed by atoms with Gasteiger partial charge in [-0.15, -0.1) is 0 Å². The third-order valence-electron chi connectivity index (χ3n) is 6.31. The topological polar surface area (TPSA) is 85.4 Å². The Morgan fingerprint density at radius 1 is 1.06 bits per heavy atom. The number of methoxy groups -OCH3 is 2. The summed E-state index contributed by atoms with van der Waals surface area (Å²) in [7, 11) is 2.83. The van der Waals surface area contributed by atoms with Crippen molar-refractivity contribution < 1.29 is 28.6 Å². The lowest BCUT2D eigenvalue weighted by molar-refractivity contribution is -0.141. The van der Waals surface area contributed by atoms with E-state index in [9.17, 15) is 14.4 Å². The summed E-state index contributed by atoms with van der Waals surface area (Å²) >= 11 is 0. The maximum Gasteiger partial charge on any atom is 0.306 e. The van der Waals surface area contributed by atoms with Gasteiger partial charge in [0.1, 0.15) is 0 Å². The maximum atomic E-state index is 13.8. The maximum absolute atomic E-state index is 13.8. The predicted molar refractivity (Wildman–Crippen MR) is 128 cm³/mol. The first-order valence-corrected chi connectivity index (χ1v) is 11.6. The molecule has 4 rings (SSSR count). The molecule has 0 spiro atoms. The summed E-state index contributed by atoms with van der Waals surface area (Å²) in [6.45, 7) is 2.88. The molecule has 8 heteroatoms. The summed E-state index contributed by atoms with van der Waals surface area (Å²) in [6.07, 6.45) is 2.44. The number of fused-ring (bicyclic) bond motifs is 4.